The largest absolute Gasteiger partial charge is 0.333 e. The SMILES string of the molecule is CC.Cc1cc(N2c3ccc(-c4ccc(Cc5cccc6c5-c5ccccc5C65C6=C(C=CCC6)c6ccccc65)cc4)cc3C3=CC=CCC32)ccc1C1C=CC=CC1C.Cc1ccc(-c2ccccc2)cc1.Cc1ccccc1. The van der Waals surface area contributed by atoms with Crippen molar-refractivity contribution < 1.29 is 0 Å². The normalized spacial score (nSPS) is 18.9. The molecule has 9 aromatic carbocycles. The van der Waals surface area contributed by atoms with E-state index in [4.69, 9.17) is 0 Å². The number of aryl methyl sites for hydroxylation is 3. The van der Waals surface area contributed by atoms with Gasteiger partial charge < -0.3 is 4.90 Å². The van der Waals surface area contributed by atoms with Crippen LogP contribution < -0.4 is 4.90 Å². The average molecular weight is 1050 g/mol. The Kier molecular flexibility index (Phi) is 15.1. The van der Waals surface area contributed by atoms with Gasteiger partial charge in [0.25, 0.3) is 0 Å². The van der Waals surface area contributed by atoms with E-state index in [0.29, 0.717) is 17.9 Å². The molecule has 1 aliphatic heterocycles. The predicted octanol–water partition coefficient (Wildman–Crippen LogP) is 21.1. The second-order valence-corrected chi connectivity index (χ2v) is 22.4. The van der Waals surface area contributed by atoms with Gasteiger partial charge in [0.2, 0.25) is 0 Å². The van der Waals surface area contributed by atoms with Crippen LogP contribution in [0.4, 0.5) is 11.4 Å². The van der Waals surface area contributed by atoms with Crippen molar-refractivity contribution in [2.45, 2.75) is 84.6 Å². The molecule has 5 aliphatic carbocycles. The Labute approximate surface area is 482 Å². The molecule has 1 spiro atoms. The summed E-state index contributed by atoms with van der Waals surface area (Å²) in [4.78, 5) is 2.58. The van der Waals surface area contributed by atoms with Crippen LogP contribution in [0.15, 0.2) is 273 Å². The van der Waals surface area contributed by atoms with Crippen LogP contribution in [0, 0.1) is 26.7 Å². The van der Waals surface area contributed by atoms with Gasteiger partial charge >= 0.3 is 0 Å². The van der Waals surface area contributed by atoms with E-state index >= 15 is 0 Å². The average Bonchev–Trinajstić information content (AvgIpc) is 3.00. The van der Waals surface area contributed by atoms with E-state index < -0.39 is 0 Å². The lowest BCUT2D eigenvalue weighted by atomic mass is 9.68. The van der Waals surface area contributed by atoms with Crippen molar-refractivity contribution in [1.29, 1.82) is 0 Å². The topological polar surface area (TPSA) is 3.24 Å². The van der Waals surface area contributed by atoms with Gasteiger partial charge in [-0.3, -0.25) is 0 Å². The lowest BCUT2D eigenvalue weighted by molar-refractivity contribution is 0.632. The van der Waals surface area contributed by atoms with E-state index in [0.717, 1.165) is 25.7 Å². The molecule has 0 radical (unpaired) electrons. The van der Waals surface area contributed by atoms with Crippen LogP contribution >= 0.6 is 0 Å². The summed E-state index contributed by atoms with van der Waals surface area (Å²) < 4.78 is 0. The van der Waals surface area contributed by atoms with Crippen molar-refractivity contribution in [3.05, 3.63) is 334 Å². The summed E-state index contributed by atoms with van der Waals surface area (Å²) in [5, 5.41) is 0. The second kappa shape index (κ2) is 23.1. The number of rotatable bonds is 6. The number of benzene rings is 9. The summed E-state index contributed by atoms with van der Waals surface area (Å²) in [5.74, 6) is 0.928. The summed E-state index contributed by atoms with van der Waals surface area (Å²) >= 11 is 0. The van der Waals surface area contributed by atoms with Gasteiger partial charge in [-0.05, 0) is 171 Å². The summed E-state index contributed by atoms with van der Waals surface area (Å²) in [6.07, 6.45) is 24.8. The summed E-state index contributed by atoms with van der Waals surface area (Å²) in [7, 11) is 0. The molecule has 0 saturated heterocycles. The maximum absolute atomic E-state index is 2.58. The third-order valence-electron chi connectivity index (χ3n) is 17.5. The molecule has 398 valence electrons. The van der Waals surface area contributed by atoms with Gasteiger partial charge in [0.15, 0.2) is 0 Å². The van der Waals surface area contributed by atoms with Crippen molar-refractivity contribution >= 4 is 22.5 Å². The van der Waals surface area contributed by atoms with Crippen LogP contribution in [0.1, 0.15) is 107 Å². The van der Waals surface area contributed by atoms with E-state index in [2.05, 4.69) is 275 Å². The molecule has 0 fully saturated rings. The Balaban J connectivity index is 0.000000247. The maximum Gasteiger partial charge on any atom is 0.0688 e. The Morgan fingerprint density at radius 1 is 0.519 bits per heavy atom. The van der Waals surface area contributed by atoms with Crippen LogP contribution in [0.25, 0.3) is 44.5 Å². The minimum atomic E-state index is -0.223. The number of nitrogens with zero attached hydrogens (tertiary/aromatic N) is 1. The molecule has 1 heteroatoms. The molecule has 0 bridgehead atoms. The minimum absolute atomic E-state index is 0.223. The molecule has 81 heavy (non-hydrogen) atoms. The van der Waals surface area contributed by atoms with Gasteiger partial charge in [0, 0.05) is 22.9 Å². The zero-order chi connectivity index (χ0) is 55.5. The zero-order valence-electron chi connectivity index (χ0n) is 47.9. The molecular formula is C80H73N. The van der Waals surface area contributed by atoms with Crippen LogP contribution in [0.3, 0.4) is 0 Å². The fourth-order valence-corrected chi connectivity index (χ4v) is 13.7. The molecule has 9 aromatic rings. The Morgan fingerprint density at radius 3 is 1.88 bits per heavy atom. The van der Waals surface area contributed by atoms with E-state index in [9.17, 15) is 0 Å². The standard InChI is InChI=1S/C58H47N.C13H12.C7H8.C2H6/c1-37-14-3-4-16-44(37)45-32-31-43(34-38(45)2)59-55-25-12-8-19-48(55)50-36-41(30-33-56(50)59)40-28-26-39(27-29-40)35-42-15-13-24-54-57(42)49-20-7-11-23-53(49)58(54)51-21-9-5-17-46(51)47-18-6-10-22-52(47)58;1-11-7-9-13(10-8-11)12-5-3-2-4-6-12;1-7-5-3-2-4-6-7;1-2/h3-9,11-21,23-24,26-34,36-37,44,55H,10,22,25,35H2,1-2H3;2-10H,1H3;2-6H,1H3;1-2H3. The minimum Gasteiger partial charge on any atom is -0.333 e. The van der Waals surface area contributed by atoms with Crippen LogP contribution in [-0.4, -0.2) is 6.04 Å². The molecule has 0 aromatic heterocycles. The van der Waals surface area contributed by atoms with Crippen molar-refractivity contribution in [2.75, 3.05) is 4.90 Å². The summed E-state index contributed by atoms with van der Waals surface area (Å²) in [5.41, 5.74) is 30.0. The Hall–Kier alpha value is -8.78. The molecule has 0 saturated carbocycles. The van der Waals surface area contributed by atoms with Crippen molar-refractivity contribution in [3.63, 3.8) is 0 Å². The number of hydrogen-bond acceptors (Lipinski definition) is 1. The fraction of sp³-hybridized carbons (Fsp3) is 0.175. The number of anilines is 2. The lowest BCUT2D eigenvalue weighted by Crippen LogP contribution is -2.27. The van der Waals surface area contributed by atoms with Gasteiger partial charge in [-0.1, -0.05) is 275 Å². The third-order valence-corrected chi connectivity index (χ3v) is 17.5. The first-order valence-electron chi connectivity index (χ1n) is 29.6. The highest BCUT2D eigenvalue weighted by Crippen LogP contribution is 2.64. The first-order chi connectivity index (χ1) is 39.8. The van der Waals surface area contributed by atoms with Crippen LogP contribution in [-0.2, 0) is 11.8 Å². The Bertz CT molecular complexity index is 3930. The molecule has 1 nitrogen and oxygen atoms in total. The zero-order valence-corrected chi connectivity index (χ0v) is 47.9. The summed E-state index contributed by atoms with van der Waals surface area (Å²) in [6.45, 7) is 12.8. The van der Waals surface area contributed by atoms with E-state index in [1.165, 1.54) is 117 Å². The molecular weight excluding hydrogens is 975 g/mol. The molecule has 4 atom stereocenters. The van der Waals surface area contributed by atoms with Gasteiger partial charge in [-0.2, -0.15) is 0 Å². The highest BCUT2D eigenvalue weighted by molar-refractivity contribution is 5.98. The quantitative estimate of drug-likeness (QED) is 0.160. The van der Waals surface area contributed by atoms with Gasteiger partial charge in [0.05, 0.1) is 11.5 Å². The predicted molar refractivity (Wildman–Crippen MR) is 346 cm³/mol. The van der Waals surface area contributed by atoms with E-state index in [1.54, 1.807) is 5.57 Å². The fourth-order valence-electron chi connectivity index (χ4n) is 13.7. The summed E-state index contributed by atoms with van der Waals surface area (Å²) in [6, 6.07) is 78.8. The molecule has 0 amide bonds. The number of allylic oxidation sites excluding steroid dienone is 10. The lowest BCUT2D eigenvalue weighted by Gasteiger charge is -2.33. The maximum atomic E-state index is 2.58. The van der Waals surface area contributed by atoms with Crippen LogP contribution in [0.5, 0.6) is 0 Å². The Morgan fingerprint density at radius 2 is 1.15 bits per heavy atom. The van der Waals surface area contributed by atoms with E-state index in [-0.39, 0.29) is 5.41 Å². The van der Waals surface area contributed by atoms with E-state index in [1.807, 2.05) is 38.1 Å². The monoisotopic (exact) mass is 1050 g/mol. The molecule has 6 aliphatic rings. The second-order valence-electron chi connectivity index (χ2n) is 22.4. The number of hydrogen-bond donors (Lipinski definition) is 0. The molecule has 1 heterocycles. The van der Waals surface area contributed by atoms with Crippen molar-refractivity contribution in [1.82, 2.24) is 0 Å². The third kappa shape index (κ3) is 9.84. The van der Waals surface area contributed by atoms with Crippen molar-refractivity contribution in [2.24, 2.45) is 5.92 Å². The highest BCUT2D eigenvalue weighted by atomic mass is 15.2. The van der Waals surface area contributed by atoms with Gasteiger partial charge in [0.1, 0.15) is 0 Å². The smallest absolute Gasteiger partial charge is 0.0688 e. The molecule has 4 unspecified atom stereocenters. The van der Waals surface area contributed by atoms with Crippen LogP contribution in [0.2, 0.25) is 0 Å². The number of fused-ring (bicyclic) bond motifs is 12. The van der Waals surface area contributed by atoms with Gasteiger partial charge in [-0.25, -0.2) is 0 Å². The first-order valence-corrected chi connectivity index (χ1v) is 29.6. The van der Waals surface area contributed by atoms with Gasteiger partial charge in [-0.15, -0.1) is 0 Å². The molecule has 0 N–H and O–H groups in total. The molecule has 15 rings (SSSR count). The van der Waals surface area contributed by atoms with Crippen molar-refractivity contribution in [3.8, 4) is 33.4 Å². The first kappa shape index (κ1) is 52.9. The highest BCUT2D eigenvalue weighted by Gasteiger charge is 2.53.